The highest BCUT2D eigenvalue weighted by molar-refractivity contribution is 5.98. The van der Waals surface area contributed by atoms with Crippen molar-refractivity contribution in [3.63, 3.8) is 0 Å². The summed E-state index contributed by atoms with van der Waals surface area (Å²) in [5, 5.41) is 0. The molecule has 1 atom stereocenters. The monoisotopic (exact) mass is 274 g/mol. The Morgan fingerprint density at radius 1 is 1.30 bits per heavy atom. The van der Waals surface area contributed by atoms with Crippen LogP contribution in [0.15, 0.2) is 18.2 Å². The van der Waals surface area contributed by atoms with Crippen LogP contribution in [0.1, 0.15) is 57.5 Å². The fourth-order valence-electron chi connectivity index (χ4n) is 2.85. The SMILES string of the molecule is CC(N1CC(C)(C)c2ccc(N)cc2C1=O)C(C)(C)C. The van der Waals surface area contributed by atoms with Crippen LogP contribution in [-0.4, -0.2) is 23.4 Å². The zero-order chi connectivity index (χ0) is 15.3. The molecule has 110 valence electrons. The van der Waals surface area contributed by atoms with Crippen LogP contribution in [0.4, 0.5) is 5.69 Å². The summed E-state index contributed by atoms with van der Waals surface area (Å²) in [5.74, 6) is 0.106. The number of anilines is 1. The van der Waals surface area contributed by atoms with Gasteiger partial charge in [-0.2, -0.15) is 0 Å². The molecule has 0 bridgehead atoms. The highest BCUT2D eigenvalue weighted by atomic mass is 16.2. The van der Waals surface area contributed by atoms with Crippen LogP contribution < -0.4 is 5.73 Å². The van der Waals surface area contributed by atoms with Crippen molar-refractivity contribution in [3.05, 3.63) is 29.3 Å². The largest absolute Gasteiger partial charge is 0.399 e. The number of benzene rings is 1. The average Bonchev–Trinajstić information content (AvgIpc) is 2.31. The van der Waals surface area contributed by atoms with Gasteiger partial charge in [0, 0.05) is 29.3 Å². The van der Waals surface area contributed by atoms with Gasteiger partial charge in [-0.25, -0.2) is 0 Å². The highest BCUT2D eigenvalue weighted by Gasteiger charge is 2.40. The van der Waals surface area contributed by atoms with Crippen LogP contribution >= 0.6 is 0 Å². The van der Waals surface area contributed by atoms with E-state index in [0.717, 1.165) is 17.7 Å². The van der Waals surface area contributed by atoms with Crippen molar-refractivity contribution in [3.8, 4) is 0 Å². The zero-order valence-electron chi connectivity index (χ0n) is 13.4. The van der Waals surface area contributed by atoms with Crippen molar-refractivity contribution in [2.24, 2.45) is 5.41 Å². The first-order valence-electron chi connectivity index (χ1n) is 7.25. The topological polar surface area (TPSA) is 46.3 Å². The maximum atomic E-state index is 12.8. The second kappa shape index (κ2) is 4.51. The summed E-state index contributed by atoms with van der Waals surface area (Å²) in [6, 6.07) is 5.89. The molecular formula is C17H26N2O. The Morgan fingerprint density at radius 2 is 1.90 bits per heavy atom. The van der Waals surface area contributed by atoms with Gasteiger partial charge in [0.05, 0.1) is 0 Å². The minimum absolute atomic E-state index is 0.0452. The van der Waals surface area contributed by atoms with Crippen LogP contribution in [0.3, 0.4) is 0 Å². The molecule has 0 aliphatic carbocycles. The van der Waals surface area contributed by atoms with Gasteiger partial charge in [-0.15, -0.1) is 0 Å². The van der Waals surface area contributed by atoms with Crippen molar-refractivity contribution < 1.29 is 4.79 Å². The Labute approximate surface area is 122 Å². The molecule has 0 aromatic heterocycles. The van der Waals surface area contributed by atoms with E-state index in [1.54, 1.807) is 0 Å². The van der Waals surface area contributed by atoms with Gasteiger partial charge in [0.25, 0.3) is 5.91 Å². The number of carbonyl (C=O) groups excluding carboxylic acids is 1. The summed E-state index contributed by atoms with van der Waals surface area (Å²) in [5.41, 5.74) is 8.40. The molecule has 1 aliphatic rings. The summed E-state index contributed by atoms with van der Waals surface area (Å²) in [6.07, 6.45) is 0. The van der Waals surface area contributed by atoms with Crippen molar-refractivity contribution in [2.45, 2.75) is 53.0 Å². The number of hydrogen-bond acceptors (Lipinski definition) is 2. The Balaban J connectivity index is 2.51. The molecule has 0 saturated carbocycles. The fraction of sp³-hybridized carbons (Fsp3) is 0.588. The molecule has 0 radical (unpaired) electrons. The summed E-state index contributed by atoms with van der Waals surface area (Å²) in [4.78, 5) is 14.8. The number of nitrogens with zero attached hydrogens (tertiary/aromatic N) is 1. The minimum Gasteiger partial charge on any atom is -0.399 e. The molecule has 0 spiro atoms. The molecule has 1 aliphatic heterocycles. The maximum absolute atomic E-state index is 12.8. The van der Waals surface area contributed by atoms with Crippen LogP contribution in [0, 0.1) is 5.41 Å². The van der Waals surface area contributed by atoms with E-state index in [1.807, 2.05) is 23.1 Å². The van der Waals surface area contributed by atoms with Gasteiger partial charge < -0.3 is 10.6 Å². The molecule has 1 unspecified atom stereocenters. The fourth-order valence-corrected chi connectivity index (χ4v) is 2.85. The van der Waals surface area contributed by atoms with E-state index < -0.39 is 0 Å². The average molecular weight is 274 g/mol. The van der Waals surface area contributed by atoms with Gasteiger partial charge >= 0.3 is 0 Å². The van der Waals surface area contributed by atoms with Crippen molar-refractivity contribution >= 4 is 11.6 Å². The Hall–Kier alpha value is -1.51. The van der Waals surface area contributed by atoms with Crippen LogP contribution in [0.25, 0.3) is 0 Å². The lowest BCUT2D eigenvalue weighted by molar-refractivity contribution is 0.0451. The van der Waals surface area contributed by atoms with Crippen molar-refractivity contribution in [1.82, 2.24) is 4.90 Å². The number of nitrogens with two attached hydrogens (primary N) is 1. The van der Waals surface area contributed by atoms with Gasteiger partial charge in [-0.1, -0.05) is 40.7 Å². The molecule has 1 aromatic carbocycles. The third-order valence-corrected chi connectivity index (χ3v) is 4.55. The first-order valence-corrected chi connectivity index (χ1v) is 7.25. The number of carbonyl (C=O) groups is 1. The van der Waals surface area contributed by atoms with Crippen molar-refractivity contribution in [1.29, 1.82) is 0 Å². The minimum atomic E-state index is -0.0452. The number of nitrogen functional groups attached to an aromatic ring is 1. The normalized spacial score (nSPS) is 19.7. The van der Waals surface area contributed by atoms with Crippen LogP contribution in [-0.2, 0) is 5.41 Å². The number of rotatable bonds is 1. The third kappa shape index (κ3) is 2.41. The summed E-state index contributed by atoms with van der Waals surface area (Å²) in [7, 11) is 0. The van der Waals surface area contributed by atoms with E-state index in [4.69, 9.17) is 5.73 Å². The van der Waals surface area contributed by atoms with Gasteiger partial charge in [0.15, 0.2) is 0 Å². The van der Waals surface area contributed by atoms with Crippen LogP contribution in [0.5, 0.6) is 0 Å². The highest BCUT2D eigenvalue weighted by Crippen LogP contribution is 2.37. The van der Waals surface area contributed by atoms with Crippen LogP contribution in [0.2, 0.25) is 0 Å². The third-order valence-electron chi connectivity index (χ3n) is 4.55. The van der Waals surface area contributed by atoms with Gasteiger partial charge in [0.1, 0.15) is 0 Å². The molecule has 1 aromatic rings. The predicted octanol–water partition coefficient (Wildman–Crippen LogP) is 3.44. The van der Waals surface area contributed by atoms with E-state index in [1.165, 1.54) is 0 Å². The van der Waals surface area contributed by atoms with E-state index in [9.17, 15) is 4.79 Å². The molecule has 0 saturated heterocycles. The van der Waals surface area contributed by atoms with E-state index in [0.29, 0.717) is 5.69 Å². The van der Waals surface area contributed by atoms with Crippen molar-refractivity contribution in [2.75, 3.05) is 12.3 Å². The molecular weight excluding hydrogens is 248 g/mol. The lowest BCUT2D eigenvalue weighted by Gasteiger charge is -2.46. The lowest BCUT2D eigenvalue weighted by atomic mass is 9.75. The first kappa shape index (κ1) is 14.9. The molecule has 2 N–H and O–H groups in total. The Morgan fingerprint density at radius 3 is 2.45 bits per heavy atom. The van der Waals surface area contributed by atoms with E-state index in [2.05, 4.69) is 41.5 Å². The number of fused-ring (bicyclic) bond motifs is 1. The smallest absolute Gasteiger partial charge is 0.254 e. The molecule has 1 amide bonds. The van der Waals surface area contributed by atoms with E-state index >= 15 is 0 Å². The molecule has 2 rings (SSSR count). The second-order valence-corrected chi connectivity index (χ2v) is 7.66. The quantitative estimate of drug-likeness (QED) is 0.797. The second-order valence-electron chi connectivity index (χ2n) is 7.66. The van der Waals surface area contributed by atoms with Gasteiger partial charge in [-0.3, -0.25) is 4.79 Å². The number of amides is 1. The Bertz CT molecular complexity index is 540. The first-order chi connectivity index (χ1) is 9.04. The standard InChI is InChI=1S/C17H26N2O/c1-11(16(2,3)4)19-10-17(5,6)14-8-7-12(18)9-13(14)15(19)20/h7-9,11H,10,18H2,1-6H3. The van der Waals surface area contributed by atoms with Gasteiger partial charge in [0.2, 0.25) is 0 Å². The molecule has 1 heterocycles. The molecule has 20 heavy (non-hydrogen) atoms. The predicted molar refractivity (Wildman–Crippen MR) is 83.8 cm³/mol. The molecule has 3 nitrogen and oxygen atoms in total. The summed E-state index contributed by atoms with van der Waals surface area (Å²) < 4.78 is 0. The van der Waals surface area contributed by atoms with Gasteiger partial charge in [-0.05, 0) is 30.0 Å². The number of hydrogen-bond donors (Lipinski definition) is 1. The lowest BCUT2D eigenvalue weighted by Crippen LogP contribution is -2.54. The maximum Gasteiger partial charge on any atom is 0.254 e. The summed E-state index contributed by atoms with van der Waals surface area (Å²) >= 11 is 0. The summed E-state index contributed by atoms with van der Waals surface area (Å²) in [6.45, 7) is 13.8. The zero-order valence-corrected chi connectivity index (χ0v) is 13.4. The molecule has 3 heteroatoms. The molecule has 0 fully saturated rings. The Kier molecular flexibility index (Phi) is 3.35. The van der Waals surface area contributed by atoms with E-state index in [-0.39, 0.29) is 22.8 Å².